The highest BCUT2D eigenvalue weighted by atomic mass is 19.4. The van der Waals surface area contributed by atoms with Crippen LogP contribution in [0, 0.1) is 0 Å². The van der Waals surface area contributed by atoms with Gasteiger partial charge in [-0.05, 0) is 25.8 Å². The number of hydrogen-bond donors (Lipinski definition) is 2. The van der Waals surface area contributed by atoms with Crippen LogP contribution in [-0.4, -0.2) is 43.7 Å². The van der Waals surface area contributed by atoms with Gasteiger partial charge < -0.3 is 15.2 Å². The Hall–Kier alpha value is -0.330. The van der Waals surface area contributed by atoms with Gasteiger partial charge in [-0.3, -0.25) is 0 Å². The summed E-state index contributed by atoms with van der Waals surface area (Å²) in [5.74, 6) is 0. The summed E-state index contributed by atoms with van der Waals surface area (Å²) < 4.78 is 40.7. The standard InChI is InChI=1S/C12H24F3NO2/c1-2-3-8-18-10-11(17)9-16-7-5-4-6-12(13,14)15/h11,16-17H,2-10H2,1H3. The number of aliphatic hydroxyl groups is 1. The Morgan fingerprint density at radius 3 is 2.56 bits per heavy atom. The lowest BCUT2D eigenvalue weighted by atomic mass is 10.2. The van der Waals surface area contributed by atoms with E-state index in [1.807, 2.05) is 0 Å². The van der Waals surface area contributed by atoms with Gasteiger partial charge in [-0.25, -0.2) is 0 Å². The monoisotopic (exact) mass is 271 g/mol. The average molecular weight is 271 g/mol. The van der Waals surface area contributed by atoms with Crippen molar-refractivity contribution in [3.8, 4) is 0 Å². The average Bonchev–Trinajstić information content (AvgIpc) is 2.28. The normalized spacial score (nSPS) is 13.8. The second kappa shape index (κ2) is 10.6. The third-order valence-electron chi connectivity index (χ3n) is 2.40. The van der Waals surface area contributed by atoms with Gasteiger partial charge in [0, 0.05) is 19.6 Å². The fourth-order valence-electron chi connectivity index (χ4n) is 1.37. The highest BCUT2D eigenvalue weighted by Crippen LogP contribution is 2.21. The maximum absolute atomic E-state index is 11.8. The minimum atomic E-state index is -4.06. The van der Waals surface area contributed by atoms with E-state index in [1.165, 1.54) is 0 Å². The van der Waals surface area contributed by atoms with Crippen LogP contribution in [0.3, 0.4) is 0 Å². The Labute approximate surface area is 107 Å². The van der Waals surface area contributed by atoms with E-state index < -0.39 is 18.7 Å². The maximum atomic E-state index is 11.8. The molecule has 1 unspecified atom stereocenters. The molecule has 0 aliphatic heterocycles. The topological polar surface area (TPSA) is 41.5 Å². The summed E-state index contributed by atoms with van der Waals surface area (Å²) in [6.45, 7) is 3.82. The van der Waals surface area contributed by atoms with E-state index in [1.54, 1.807) is 0 Å². The molecule has 3 nitrogen and oxygen atoms in total. The molecule has 0 bridgehead atoms. The van der Waals surface area contributed by atoms with Crippen molar-refractivity contribution in [2.75, 3.05) is 26.3 Å². The highest BCUT2D eigenvalue weighted by molar-refractivity contribution is 4.59. The lowest BCUT2D eigenvalue weighted by molar-refractivity contribution is -0.135. The number of rotatable bonds is 11. The smallest absolute Gasteiger partial charge is 0.389 e. The van der Waals surface area contributed by atoms with Gasteiger partial charge in [0.2, 0.25) is 0 Å². The number of aliphatic hydroxyl groups excluding tert-OH is 1. The first-order valence-electron chi connectivity index (χ1n) is 6.49. The van der Waals surface area contributed by atoms with Crippen molar-refractivity contribution in [3.05, 3.63) is 0 Å². The number of unbranched alkanes of at least 4 members (excludes halogenated alkanes) is 2. The molecule has 0 aliphatic carbocycles. The van der Waals surface area contributed by atoms with Crippen molar-refractivity contribution in [2.24, 2.45) is 0 Å². The molecule has 0 amide bonds. The molecule has 1 atom stereocenters. The quantitative estimate of drug-likeness (QED) is 0.567. The van der Waals surface area contributed by atoms with Crippen LogP contribution >= 0.6 is 0 Å². The van der Waals surface area contributed by atoms with Crippen LogP contribution in [0.4, 0.5) is 13.2 Å². The molecule has 18 heavy (non-hydrogen) atoms. The van der Waals surface area contributed by atoms with Gasteiger partial charge in [-0.15, -0.1) is 0 Å². The van der Waals surface area contributed by atoms with E-state index in [0.717, 1.165) is 12.8 Å². The zero-order chi connectivity index (χ0) is 13.9. The van der Waals surface area contributed by atoms with E-state index in [-0.39, 0.29) is 13.0 Å². The Balaban J connectivity index is 3.22. The van der Waals surface area contributed by atoms with E-state index >= 15 is 0 Å². The SMILES string of the molecule is CCCCOCC(O)CNCCCCC(F)(F)F. The molecule has 0 rings (SSSR count). The van der Waals surface area contributed by atoms with Crippen LogP contribution < -0.4 is 5.32 Å². The molecule has 0 saturated heterocycles. The van der Waals surface area contributed by atoms with E-state index in [0.29, 0.717) is 26.1 Å². The first-order valence-corrected chi connectivity index (χ1v) is 6.49. The molecule has 2 N–H and O–H groups in total. The number of ether oxygens (including phenoxy) is 1. The third kappa shape index (κ3) is 13.7. The maximum Gasteiger partial charge on any atom is 0.389 e. The summed E-state index contributed by atoms with van der Waals surface area (Å²) in [7, 11) is 0. The van der Waals surface area contributed by atoms with E-state index in [9.17, 15) is 18.3 Å². The summed E-state index contributed by atoms with van der Waals surface area (Å²) in [5.41, 5.74) is 0. The molecule has 6 heteroatoms. The molecule has 110 valence electrons. The number of halogens is 3. The van der Waals surface area contributed by atoms with E-state index in [4.69, 9.17) is 4.74 Å². The summed E-state index contributed by atoms with van der Waals surface area (Å²) in [6.07, 6.45) is -2.79. The third-order valence-corrected chi connectivity index (χ3v) is 2.40. The van der Waals surface area contributed by atoms with Crippen molar-refractivity contribution < 1.29 is 23.0 Å². The van der Waals surface area contributed by atoms with Crippen LogP contribution in [0.25, 0.3) is 0 Å². The van der Waals surface area contributed by atoms with Gasteiger partial charge in [0.25, 0.3) is 0 Å². The molecular formula is C12H24F3NO2. The Morgan fingerprint density at radius 2 is 1.94 bits per heavy atom. The largest absolute Gasteiger partial charge is 0.389 e. The van der Waals surface area contributed by atoms with Crippen LogP contribution in [0.5, 0.6) is 0 Å². The number of hydrogen-bond acceptors (Lipinski definition) is 3. The molecule has 0 fully saturated rings. The van der Waals surface area contributed by atoms with Gasteiger partial charge in [-0.2, -0.15) is 13.2 Å². The van der Waals surface area contributed by atoms with Crippen LogP contribution in [0.1, 0.15) is 39.0 Å². The Morgan fingerprint density at radius 1 is 1.22 bits per heavy atom. The van der Waals surface area contributed by atoms with Gasteiger partial charge >= 0.3 is 6.18 Å². The minimum Gasteiger partial charge on any atom is -0.389 e. The molecule has 0 spiro atoms. The number of alkyl halides is 3. The van der Waals surface area contributed by atoms with Crippen molar-refractivity contribution in [1.82, 2.24) is 5.32 Å². The van der Waals surface area contributed by atoms with Crippen LogP contribution in [-0.2, 0) is 4.74 Å². The molecular weight excluding hydrogens is 247 g/mol. The molecule has 0 saturated carbocycles. The van der Waals surface area contributed by atoms with Crippen LogP contribution in [0.15, 0.2) is 0 Å². The first-order chi connectivity index (χ1) is 8.45. The zero-order valence-electron chi connectivity index (χ0n) is 10.9. The zero-order valence-corrected chi connectivity index (χ0v) is 10.9. The molecule has 0 aromatic carbocycles. The van der Waals surface area contributed by atoms with E-state index in [2.05, 4.69) is 12.2 Å². The summed E-state index contributed by atoms with van der Waals surface area (Å²) >= 11 is 0. The minimum absolute atomic E-state index is 0.125. The van der Waals surface area contributed by atoms with Gasteiger partial charge in [0.1, 0.15) is 0 Å². The predicted molar refractivity (Wildman–Crippen MR) is 64.5 cm³/mol. The summed E-state index contributed by atoms with van der Waals surface area (Å²) in [6, 6.07) is 0. The van der Waals surface area contributed by atoms with Gasteiger partial charge in [-0.1, -0.05) is 13.3 Å². The molecule has 0 heterocycles. The van der Waals surface area contributed by atoms with Crippen molar-refractivity contribution >= 4 is 0 Å². The molecule has 0 radical (unpaired) electrons. The fraction of sp³-hybridized carbons (Fsp3) is 1.00. The van der Waals surface area contributed by atoms with Crippen LogP contribution in [0.2, 0.25) is 0 Å². The molecule has 0 aliphatic rings. The van der Waals surface area contributed by atoms with Gasteiger partial charge in [0.15, 0.2) is 0 Å². The second-order valence-corrected chi connectivity index (χ2v) is 4.36. The van der Waals surface area contributed by atoms with Crippen molar-refractivity contribution in [1.29, 1.82) is 0 Å². The van der Waals surface area contributed by atoms with Gasteiger partial charge in [0.05, 0.1) is 12.7 Å². The van der Waals surface area contributed by atoms with Crippen molar-refractivity contribution in [3.63, 3.8) is 0 Å². The summed E-state index contributed by atoms with van der Waals surface area (Å²) in [4.78, 5) is 0. The second-order valence-electron chi connectivity index (χ2n) is 4.36. The highest BCUT2D eigenvalue weighted by Gasteiger charge is 2.25. The first kappa shape index (κ1) is 17.7. The predicted octanol–water partition coefficient (Wildman–Crippen LogP) is 2.49. The van der Waals surface area contributed by atoms with Crippen molar-refractivity contribution in [2.45, 2.75) is 51.3 Å². The molecule has 0 aromatic rings. The Kier molecular flexibility index (Phi) is 10.4. The lowest BCUT2D eigenvalue weighted by Crippen LogP contribution is -2.31. The molecule has 0 aromatic heterocycles. The number of nitrogens with one attached hydrogen (secondary N) is 1. The Bertz CT molecular complexity index is 189. The summed E-state index contributed by atoms with van der Waals surface area (Å²) in [5, 5.41) is 12.4. The lowest BCUT2D eigenvalue weighted by Gasteiger charge is -2.12. The fourth-order valence-corrected chi connectivity index (χ4v) is 1.37.